The van der Waals surface area contributed by atoms with Gasteiger partial charge in [0.15, 0.2) is 0 Å². The molecule has 0 spiro atoms. The highest BCUT2D eigenvalue weighted by Gasteiger charge is 2.11. The molecule has 0 aromatic heterocycles. The van der Waals surface area contributed by atoms with Crippen molar-refractivity contribution < 1.29 is 14.3 Å². The molecule has 2 nitrogen and oxygen atoms in total. The van der Waals surface area contributed by atoms with Gasteiger partial charge in [-0.1, -0.05) is 37.3 Å². The van der Waals surface area contributed by atoms with E-state index in [9.17, 15) is 9.32 Å². The summed E-state index contributed by atoms with van der Waals surface area (Å²) in [7, 11) is 0. The molecule has 0 saturated heterocycles. The molecule has 0 aliphatic rings. The fourth-order valence-corrected chi connectivity index (χ4v) is 1.40. The van der Waals surface area contributed by atoms with E-state index in [-0.39, 0.29) is 12.3 Å². The summed E-state index contributed by atoms with van der Waals surface area (Å²) < 4.78 is 11.4. The maximum absolute atomic E-state index is 11.4. The van der Waals surface area contributed by atoms with Crippen LogP contribution in [0.15, 0.2) is 30.3 Å². The molecule has 1 aromatic carbocycles. The number of carbonyl (C=O) groups is 1. The maximum Gasteiger partial charge on any atom is 0.349 e. The van der Waals surface area contributed by atoms with Crippen molar-refractivity contribution in [2.24, 2.45) is 5.92 Å². The second kappa shape index (κ2) is 5.37. The standard InChI is InChI=1S/C11H13FO2/c1-9(8-11(13)14-12)7-10-5-3-2-4-6-10/h2-6,9H,7-8H2,1H3. The van der Waals surface area contributed by atoms with E-state index in [1.807, 2.05) is 37.3 Å². The van der Waals surface area contributed by atoms with Crippen LogP contribution in [0.5, 0.6) is 0 Å². The number of rotatable bonds is 4. The van der Waals surface area contributed by atoms with Gasteiger partial charge in [-0.05, 0) is 17.9 Å². The van der Waals surface area contributed by atoms with E-state index >= 15 is 0 Å². The maximum atomic E-state index is 11.4. The van der Waals surface area contributed by atoms with E-state index in [0.29, 0.717) is 0 Å². The fourth-order valence-electron chi connectivity index (χ4n) is 1.40. The van der Waals surface area contributed by atoms with Gasteiger partial charge in [0, 0.05) is 4.53 Å². The lowest BCUT2D eigenvalue weighted by Gasteiger charge is -2.07. The van der Waals surface area contributed by atoms with E-state index < -0.39 is 5.97 Å². The summed E-state index contributed by atoms with van der Waals surface area (Å²) in [6, 6.07) is 9.78. The van der Waals surface area contributed by atoms with Crippen molar-refractivity contribution in [1.82, 2.24) is 0 Å². The molecule has 0 aliphatic carbocycles. The van der Waals surface area contributed by atoms with Crippen molar-refractivity contribution in [1.29, 1.82) is 0 Å². The van der Waals surface area contributed by atoms with E-state index in [1.54, 1.807) is 0 Å². The Bertz CT molecular complexity index is 285. The number of hydrogen-bond donors (Lipinski definition) is 0. The average molecular weight is 196 g/mol. The quantitative estimate of drug-likeness (QED) is 0.740. The zero-order valence-corrected chi connectivity index (χ0v) is 8.07. The minimum Gasteiger partial charge on any atom is -0.255 e. The van der Waals surface area contributed by atoms with Crippen molar-refractivity contribution >= 4 is 5.97 Å². The van der Waals surface area contributed by atoms with Crippen LogP contribution in [0, 0.1) is 5.92 Å². The first kappa shape index (κ1) is 10.7. The molecular weight excluding hydrogens is 183 g/mol. The van der Waals surface area contributed by atoms with Crippen LogP contribution in [-0.2, 0) is 16.2 Å². The minimum absolute atomic E-state index is 0.0978. The summed E-state index contributed by atoms with van der Waals surface area (Å²) in [6.45, 7) is 1.89. The Morgan fingerprint density at radius 2 is 2.07 bits per heavy atom. The van der Waals surface area contributed by atoms with Gasteiger partial charge in [0.2, 0.25) is 0 Å². The summed E-state index contributed by atoms with van der Waals surface area (Å²) in [5.41, 5.74) is 1.15. The lowest BCUT2D eigenvalue weighted by molar-refractivity contribution is -0.184. The van der Waals surface area contributed by atoms with Gasteiger partial charge in [-0.3, -0.25) is 4.94 Å². The Labute approximate surface area is 82.6 Å². The molecule has 1 atom stereocenters. The van der Waals surface area contributed by atoms with Gasteiger partial charge in [-0.15, -0.1) is 0 Å². The third-order valence-corrected chi connectivity index (χ3v) is 2.03. The van der Waals surface area contributed by atoms with Gasteiger partial charge in [0.1, 0.15) is 0 Å². The molecule has 0 bridgehead atoms. The third kappa shape index (κ3) is 3.56. The highest BCUT2D eigenvalue weighted by molar-refractivity contribution is 5.68. The van der Waals surface area contributed by atoms with Gasteiger partial charge in [0.05, 0.1) is 6.42 Å². The van der Waals surface area contributed by atoms with Crippen LogP contribution in [0.25, 0.3) is 0 Å². The van der Waals surface area contributed by atoms with Crippen molar-refractivity contribution in [2.45, 2.75) is 19.8 Å². The summed E-state index contributed by atoms with van der Waals surface area (Å²) in [6.07, 6.45) is 0.876. The van der Waals surface area contributed by atoms with Crippen LogP contribution in [0.2, 0.25) is 0 Å². The first-order valence-electron chi connectivity index (χ1n) is 4.57. The first-order chi connectivity index (χ1) is 6.72. The van der Waals surface area contributed by atoms with Crippen molar-refractivity contribution in [3.8, 4) is 0 Å². The largest absolute Gasteiger partial charge is 0.349 e. The van der Waals surface area contributed by atoms with Gasteiger partial charge < -0.3 is 0 Å². The average Bonchev–Trinajstić information content (AvgIpc) is 2.19. The molecule has 0 aliphatic heterocycles. The smallest absolute Gasteiger partial charge is 0.255 e. The zero-order chi connectivity index (χ0) is 10.4. The van der Waals surface area contributed by atoms with E-state index in [2.05, 4.69) is 4.94 Å². The molecule has 1 rings (SSSR count). The van der Waals surface area contributed by atoms with Gasteiger partial charge in [0.25, 0.3) is 0 Å². The van der Waals surface area contributed by atoms with Crippen molar-refractivity contribution in [3.63, 3.8) is 0 Å². The Hall–Kier alpha value is -1.38. The Kier molecular flexibility index (Phi) is 4.11. The van der Waals surface area contributed by atoms with Crippen LogP contribution in [0.4, 0.5) is 4.53 Å². The minimum atomic E-state index is -0.798. The molecule has 0 amide bonds. The second-order valence-corrected chi connectivity index (χ2v) is 3.45. The van der Waals surface area contributed by atoms with Crippen LogP contribution >= 0.6 is 0 Å². The van der Waals surface area contributed by atoms with Crippen LogP contribution in [0.1, 0.15) is 18.9 Å². The monoisotopic (exact) mass is 196 g/mol. The molecule has 1 unspecified atom stereocenters. The highest BCUT2D eigenvalue weighted by Crippen LogP contribution is 2.12. The fraction of sp³-hybridized carbons (Fsp3) is 0.364. The van der Waals surface area contributed by atoms with Crippen molar-refractivity contribution in [2.75, 3.05) is 0 Å². The molecule has 0 heterocycles. The molecule has 0 saturated carbocycles. The predicted molar refractivity (Wildman–Crippen MR) is 51.1 cm³/mol. The molecule has 0 radical (unpaired) electrons. The molecular formula is C11H13FO2. The molecule has 14 heavy (non-hydrogen) atoms. The molecule has 76 valence electrons. The highest BCUT2D eigenvalue weighted by atomic mass is 19.3. The van der Waals surface area contributed by atoms with E-state index in [0.717, 1.165) is 12.0 Å². The topological polar surface area (TPSA) is 26.3 Å². The lowest BCUT2D eigenvalue weighted by Crippen LogP contribution is -2.08. The Morgan fingerprint density at radius 1 is 1.43 bits per heavy atom. The molecule has 3 heteroatoms. The summed E-state index contributed by atoms with van der Waals surface area (Å²) in [5.74, 6) is -0.700. The Balaban J connectivity index is 2.41. The molecule has 0 N–H and O–H groups in total. The summed E-state index contributed by atoms with van der Waals surface area (Å²) in [5, 5.41) is 0. The summed E-state index contributed by atoms with van der Waals surface area (Å²) in [4.78, 5) is 13.7. The van der Waals surface area contributed by atoms with Crippen LogP contribution < -0.4 is 0 Å². The molecule has 0 fully saturated rings. The van der Waals surface area contributed by atoms with E-state index in [4.69, 9.17) is 0 Å². The van der Waals surface area contributed by atoms with Gasteiger partial charge in [-0.2, -0.15) is 0 Å². The van der Waals surface area contributed by atoms with Crippen LogP contribution in [-0.4, -0.2) is 5.97 Å². The number of benzene rings is 1. The second-order valence-electron chi connectivity index (χ2n) is 3.45. The number of hydrogen-bond acceptors (Lipinski definition) is 2. The summed E-state index contributed by atoms with van der Waals surface area (Å²) >= 11 is 0. The predicted octanol–water partition coefficient (Wildman–Crippen LogP) is 2.68. The number of halogens is 1. The normalized spacial score (nSPS) is 12.1. The zero-order valence-electron chi connectivity index (χ0n) is 8.07. The number of carbonyl (C=O) groups excluding carboxylic acids is 1. The third-order valence-electron chi connectivity index (χ3n) is 2.03. The lowest BCUT2D eigenvalue weighted by atomic mass is 9.98. The van der Waals surface area contributed by atoms with Crippen LogP contribution in [0.3, 0.4) is 0 Å². The van der Waals surface area contributed by atoms with Crippen molar-refractivity contribution in [3.05, 3.63) is 35.9 Å². The van der Waals surface area contributed by atoms with E-state index in [1.165, 1.54) is 0 Å². The molecule has 1 aromatic rings. The first-order valence-corrected chi connectivity index (χ1v) is 4.57. The Morgan fingerprint density at radius 3 is 2.64 bits per heavy atom. The van der Waals surface area contributed by atoms with Gasteiger partial charge in [-0.25, -0.2) is 4.79 Å². The SMILES string of the molecule is CC(CC(=O)OF)Cc1ccccc1. The van der Waals surface area contributed by atoms with Gasteiger partial charge >= 0.3 is 5.97 Å².